The molecule has 1 aliphatic carbocycles. The summed E-state index contributed by atoms with van der Waals surface area (Å²) in [5.74, 6) is 0. The third-order valence-corrected chi connectivity index (χ3v) is 4.50. The van der Waals surface area contributed by atoms with Crippen LogP contribution in [0.3, 0.4) is 0 Å². The van der Waals surface area contributed by atoms with Gasteiger partial charge in [-0.2, -0.15) is 0 Å². The highest BCUT2D eigenvalue weighted by Crippen LogP contribution is 2.30. The lowest BCUT2D eigenvalue weighted by Gasteiger charge is -2.40. The van der Waals surface area contributed by atoms with E-state index in [0.29, 0.717) is 5.41 Å². The van der Waals surface area contributed by atoms with Gasteiger partial charge in [0.15, 0.2) is 0 Å². The molecule has 19 heavy (non-hydrogen) atoms. The van der Waals surface area contributed by atoms with E-state index >= 15 is 0 Å². The zero-order valence-corrected chi connectivity index (χ0v) is 12.9. The highest BCUT2D eigenvalue weighted by molar-refractivity contribution is 4.90. The van der Waals surface area contributed by atoms with Crippen LogP contribution in [-0.4, -0.2) is 50.8 Å². The van der Waals surface area contributed by atoms with Crippen molar-refractivity contribution in [3.05, 3.63) is 0 Å². The maximum Gasteiger partial charge on any atom is 0.0546 e. The summed E-state index contributed by atoms with van der Waals surface area (Å²) in [7, 11) is 2.28. The third-order valence-electron chi connectivity index (χ3n) is 4.50. The van der Waals surface area contributed by atoms with Crippen molar-refractivity contribution in [2.45, 2.75) is 57.9 Å². The van der Waals surface area contributed by atoms with Crippen LogP contribution in [0, 0.1) is 5.41 Å². The van der Waals surface area contributed by atoms with Crippen molar-refractivity contribution in [3.8, 4) is 0 Å². The van der Waals surface area contributed by atoms with Gasteiger partial charge in [0.1, 0.15) is 0 Å². The molecule has 2 fully saturated rings. The molecule has 0 spiro atoms. The number of hydrogen-bond donors (Lipinski definition) is 1. The Morgan fingerprint density at radius 3 is 2.79 bits per heavy atom. The lowest BCUT2D eigenvalue weighted by atomic mass is 9.81. The van der Waals surface area contributed by atoms with Gasteiger partial charge in [-0.05, 0) is 45.7 Å². The van der Waals surface area contributed by atoms with Crippen molar-refractivity contribution in [2.75, 3.05) is 39.9 Å². The quantitative estimate of drug-likeness (QED) is 0.651. The molecular formula is C16H32N2O. The lowest BCUT2D eigenvalue weighted by molar-refractivity contribution is -0.0230. The Hall–Kier alpha value is -0.120. The first-order valence-electron chi connectivity index (χ1n) is 8.24. The Morgan fingerprint density at radius 2 is 2.16 bits per heavy atom. The Balaban J connectivity index is 1.77. The molecule has 1 saturated carbocycles. The van der Waals surface area contributed by atoms with E-state index in [-0.39, 0.29) is 0 Å². The van der Waals surface area contributed by atoms with Gasteiger partial charge in [0.25, 0.3) is 0 Å². The van der Waals surface area contributed by atoms with E-state index in [1.165, 1.54) is 58.0 Å². The van der Waals surface area contributed by atoms with Gasteiger partial charge in [-0.15, -0.1) is 0 Å². The van der Waals surface area contributed by atoms with E-state index in [1.54, 1.807) is 0 Å². The molecule has 0 aromatic rings. The van der Waals surface area contributed by atoms with Crippen LogP contribution < -0.4 is 5.32 Å². The molecule has 112 valence electrons. The van der Waals surface area contributed by atoms with Gasteiger partial charge in [0.05, 0.1) is 6.61 Å². The van der Waals surface area contributed by atoms with Crippen LogP contribution >= 0.6 is 0 Å². The van der Waals surface area contributed by atoms with E-state index < -0.39 is 0 Å². The predicted molar refractivity (Wildman–Crippen MR) is 80.5 cm³/mol. The number of rotatable bonds is 9. The highest BCUT2D eigenvalue weighted by atomic mass is 16.5. The van der Waals surface area contributed by atoms with Crippen LogP contribution in [0.2, 0.25) is 0 Å². The molecule has 1 N–H and O–H groups in total. The maximum atomic E-state index is 5.80. The summed E-state index contributed by atoms with van der Waals surface area (Å²) in [6.45, 7) is 7.76. The van der Waals surface area contributed by atoms with Gasteiger partial charge in [0.2, 0.25) is 0 Å². The van der Waals surface area contributed by atoms with Crippen LogP contribution in [0.1, 0.15) is 51.9 Å². The Kier molecular flexibility index (Phi) is 6.11. The standard InChI is InChI=1S/C16H32N2O/c1-3-4-5-10-18(2)13-16(9-6-11-19-14-16)12-17-15-7-8-15/h15,17H,3-14H2,1-2H3. The van der Waals surface area contributed by atoms with Gasteiger partial charge in [0, 0.05) is 31.2 Å². The third kappa shape index (κ3) is 5.41. The molecule has 2 rings (SSSR count). The molecule has 1 unspecified atom stereocenters. The average Bonchev–Trinajstić information content (AvgIpc) is 3.22. The van der Waals surface area contributed by atoms with Gasteiger partial charge in [-0.25, -0.2) is 0 Å². The molecular weight excluding hydrogens is 236 g/mol. The summed E-state index contributed by atoms with van der Waals surface area (Å²) in [6, 6.07) is 0.809. The first-order valence-corrected chi connectivity index (χ1v) is 8.24. The minimum absolute atomic E-state index is 0.363. The fourth-order valence-electron chi connectivity index (χ4n) is 3.16. The second-order valence-electron chi connectivity index (χ2n) is 6.76. The molecule has 0 amide bonds. The van der Waals surface area contributed by atoms with Gasteiger partial charge >= 0.3 is 0 Å². The summed E-state index contributed by atoms with van der Waals surface area (Å²) < 4.78 is 5.80. The number of nitrogens with zero attached hydrogens (tertiary/aromatic N) is 1. The predicted octanol–water partition coefficient (Wildman–Crippen LogP) is 2.66. The SMILES string of the molecule is CCCCCN(C)CC1(CNC2CC2)CCCOC1. The summed E-state index contributed by atoms with van der Waals surface area (Å²) in [6.07, 6.45) is 9.31. The summed E-state index contributed by atoms with van der Waals surface area (Å²) in [5, 5.41) is 3.73. The van der Waals surface area contributed by atoms with E-state index in [4.69, 9.17) is 4.74 Å². The number of ether oxygens (including phenoxy) is 1. The van der Waals surface area contributed by atoms with Gasteiger partial charge in [-0.3, -0.25) is 0 Å². The molecule has 1 saturated heterocycles. The van der Waals surface area contributed by atoms with Crippen molar-refractivity contribution in [2.24, 2.45) is 5.41 Å². The average molecular weight is 268 g/mol. The Labute approximate surface area is 119 Å². The maximum absolute atomic E-state index is 5.80. The zero-order valence-electron chi connectivity index (χ0n) is 12.9. The Morgan fingerprint density at radius 1 is 1.32 bits per heavy atom. The molecule has 1 atom stereocenters. The minimum atomic E-state index is 0.363. The molecule has 1 aliphatic heterocycles. The van der Waals surface area contributed by atoms with E-state index in [9.17, 15) is 0 Å². The van der Waals surface area contributed by atoms with Gasteiger partial charge in [-0.1, -0.05) is 19.8 Å². The molecule has 3 nitrogen and oxygen atoms in total. The van der Waals surface area contributed by atoms with Crippen LogP contribution in [0.4, 0.5) is 0 Å². The van der Waals surface area contributed by atoms with Crippen molar-refractivity contribution < 1.29 is 4.74 Å². The van der Waals surface area contributed by atoms with Crippen LogP contribution in [0.15, 0.2) is 0 Å². The highest BCUT2D eigenvalue weighted by Gasteiger charge is 2.35. The molecule has 0 aromatic heterocycles. The van der Waals surface area contributed by atoms with Crippen molar-refractivity contribution in [1.29, 1.82) is 0 Å². The number of unbranched alkanes of at least 4 members (excludes halogenated alkanes) is 2. The monoisotopic (exact) mass is 268 g/mol. The minimum Gasteiger partial charge on any atom is -0.381 e. The largest absolute Gasteiger partial charge is 0.381 e. The first kappa shape index (κ1) is 15.3. The Bertz CT molecular complexity index is 247. The zero-order chi connectivity index (χ0) is 13.6. The second kappa shape index (κ2) is 7.61. The summed E-state index contributed by atoms with van der Waals surface area (Å²) in [4.78, 5) is 2.53. The topological polar surface area (TPSA) is 24.5 Å². The van der Waals surface area contributed by atoms with Crippen LogP contribution in [0.5, 0.6) is 0 Å². The fraction of sp³-hybridized carbons (Fsp3) is 1.00. The second-order valence-corrected chi connectivity index (χ2v) is 6.76. The van der Waals surface area contributed by atoms with E-state index in [1.807, 2.05) is 0 Å². The van der Waals surface area contributed by atoms with Crippen LogP contribution in [0.25, 0.3) is 0 Å². The van der Waals surface area contributed by atoms with E-state index in [2.05, 4.69) is 24.2 Å². The lowest BCUT2D eigenvalue weighted by Crippen LogP contribution is -2.48. The number of nitrogens with one attached hydrogen (secondary N) is 1. The first-order chi connectivity index (χ1) is 9.24. The summed E-state index contributed by atoms with van der Waals surface area (Å²) >= 11 is 0. The molecule has 0 aromatic carbocycles. The van der Waals surface area contributed by atoms with Crippen molar-refractivity contribution in [3.63, 3.8) is 0 Å². The molecule has 2 aliphatic rings. The smallest absolute Gasteiger partial charge is 0.0546 e. The normalized spacial score (nSPS) is 27.9. The van der Waals surface area contributed by atoms with E-state index in [0.717, 1.165) is 25.8 Å². The molecule has 0 radical (unpaired) electrons. The fourth-order valence-corrected chi connectivity index (χ4v) is 3.16. The molecule has 1 heterocycles. The molecule has 0 bridgehead atoms. The van der Waals surface area contributed by atoms with Crippen molar-refractivity contribution >= 4 is 0 Å². The summed E-state index contributed by atoms with van der Waals surface area (Å²) in [5.41, 5.74) is 0.363. The van der Waals surface area contributed by atoms with Crippen LogP contribution in [-0.2, 0) is 4.74 Å². The number of hydrogen-bond acceptors (Lipinski definition) is 3. The van der Waals surface area contributed by atoms with Crippen molar-refractivity contribution in [1.82, 2.24) is 10.2 Å². The molecule has 3 heteroatoms. The van der Waals surface area contributed by atoms with Gasteiger partial charge < -0.3 is 15.0 Å².